The molecular formula is C7H7N2PS. The summed E-state index contributed by atoms with van der Waals surface area (Å²) in [6.45, 7) is 2.12. The number of aryl methyl sites for hydroxylation is 1. The third-order valence-corrected chi connectivity index (χ3v) is 3.90. The van der Waals surface area contributed by atoms with Crippen LogP contribution in [0.4, 0.5) is 0 Å². The Balaban J connectivity index is 2.53. The van der Waals surface area contributed by atoms with Crippen molar-refractivity contribution >= 4 is 19.0 Å². The average Bonchev–Trinajstić information content (AvgIpc) is 2.55. The molecule has 0 bridgehead atoms. The third kappa shape index (κ3) is 1.22. The van der Waals surface area contributed by atoms with Gasteiger partial charge in [-0.25, -0.2) is 9.73 Å². The van der Waals surface area contributed by atoms with Gasteiger partial charge in [0.2, 0.25) is 0 Å². The van der Waals surface area contributed by atoms with Crippen LogP contribution in [-0.4, -0.2) is 9.73 Å². The Kier molecular flexibility index (Phi) is 1.76. The smallest absolute Gasteiger partial charge is 0.120 e. The number of hydrogen-bond acceptors (Lipinski definition) is 3. The van der Waals surface area contributed by atoms with Crippen molar-refractivity contribution in [3.05, 3.63) is 23.8 Å². The quantitative estimate of drug-likeness (QED) is 0.677. The van der Waals surface area contributed by atoms with Crippen LogP contribution in [0.1, 0.15) is 0 Å². The SMILES string of the molecule is Cp1ncnc1-c1cccs1. The Hall–Kier alpha value is -0.660. The molecule has 0 N–H and O–H groups in total. The lowest BCUT2D eigenvalue weighted by Crippen LogP contribution is -1.65. The van der Waals surface area contributed by atoms with Crippen molar-refractivity contribution in [1.82, 2.24) is 9.73 Å². The molecular weight excluding hydrogens is 175 g/mol. The summed E-state index contributed by atoms with van der Waals surface area (Å²) in [6.07, 6.45) is 1.67. The lowest BCUT2D eigenvalue weighted by atomic mass is 10.5. The fourth-order valence-electron chi connectivity index (χ4n) is 0.925. The Morgan fingerprint density at radius 1 is 1.55 bits per heavy atom. The van der Waals surface area contributed by atoms with E-state index in [4.69, 9.17) is 0 Å². The lowest BCUT2D eigenvalue weighted by molar-refractivity contribution is 1.34. The first-order valence-corrected chi connectivity index (χ1v) is 5.88. The molecule has 11 heavy (non-hydrogen) atoms. The summed E-state index contributed by atoms with van der Waals surface area (Å²) in [5.41, 5.74) is 1.16. The van der Waals surface area contributed by atoms with Crippen LogP contribution in [-0.2, 0) is 6.66 Å². The van der Waals surface area contributed by atoms with Crippen molar-refractivity contribution in [2.45, 2.75) is 0 Å². The maximum atomic E-state index is 4.22. The predicted molar refractivity (Wildman–Crippen MR) is 49.0 cm³/mol. The van der Waals surface area contributed by atoms with E-state index in [9.17, 15) is 0 Å². The highest BCUT2D eigenvalue weighted by molar-refractivity contribution is 7.47. The van der Waals surface area contributed by atoms with Crippen LogP contribution in [0.3, 0.4) is 0 Å². The maximum absolute atomic E-state index is 4.22. The van der Waals surface area contributed by atoms with E-state index < -0.39 is 0 Å². The lowest BCUT2D eigenvalue weighted by Gasteiger charge is -1.89. The van der Waals surface area contributed by atoms with Crippen LogP contribution in [0.5, 0.6) is 0 Å². The van der Waals surface area contributed by atoms with Gasteiger partial charge < -0.3 is 0 Å². The second kappa shape index (κ2) is 2.76. The van der Waals surface area contributed by atoms with Gasteiger partial charge in [-0.3, -0.25) is 0 Å². The van der Waals surface area contributed by atoms with Crippen LogP contribution in [0.2, 0.25) is 0 Å². The Labute approximate surface area is 70.1 Å². The molecule has 0 saturated carbocycles. The average molecular weight is 182 g/mol. The minimum Gasteiger partial charge on any atom is -0.229 e. The summed E-state index contributed by atoms with van der Waals surface area (Å²) in [4.78, 5) is 5.48. The van der Waals surface area contributed by atoms with Crippen LogP contribution in [0.25, 0.3) is 10.3 Å². The van der Waals surface area contributed by atoms with E-state index >= 15 is 0 Å². The van der Waals surface area contributed by atoms with Crippen molar-refractivity contribution in [2.24, 2.45) is 6.66 Å². The van der Waals surface area contributed by atoms with Gasteiger partial charge in [0.15, 0.2) is 0 Å². The molecule has 56 valence electrons. The van der Waals surface area contributed by atoms with Crippen LogP contribution in [0, 0.1) is 0 Å². The van der Waals surface area contributed by atoms with Crippen LogP contribution >= 0.6 is 19.0 Å². The van der Waals surface area contributed by atoms with E-state index in [2.05, 4.69) is 27.8 Å². The van der Waals surface area contributed by atoms with Crippen molar-refractivity contribution in [3.8, 4) is 10.3 Å². The van der Waals surface area contributed by atoms with E-state index in [0.29, 0.717) is 0 Å². The van der Waals surface area contributed by atoms with E-state index in [1.807, 2.05) is 6.07 Å². The molecule has 0 aliphatic heterocycles. The first-order valence-electron chi connectivity index (χ1n) is 3.26. The number of hydrogen-bond donors (Lipinski definition) is 0. The summed E-state index contributed by atoms with van der Waals surface area (Å²) >= 11 is 1.73. The van der Waals surface area contributed by atoms with Gasteiger partial charge in [-0.15, -0.1) is 11.3 Å². The summed E-state index contributed by atoms with van der Waals surface area (Å²) < 4.78 is 4.22. The maximum Gasteiger partial charge on any atom is 0.120 e. The fraction of sp³-hybridized carbons (Fsp3) is 0.143. The minimum atomic E-state index is -0.349. The largest absolute Gasteiger partial charge is 0.229 e. The summed E-state index contributed by atoms with van der Waals surface area (Å²) in [5.74, 6) is 0. The van der Waals surface area contributed by atoms with Crippen molar-refractivity contribution in [3.63, 3.8) is 0 Å². The monoisotopic (exact) mass is 182 g/mol. The van der Waals surface area contributed by atoms with Gasteiger partial charge in [0.05, 0.1) is 4.88 Å². The summed E-state index contributed by atoms with van der Waals surface area (Å²) in [7, 11) is -0.349. The zero-order chi connectivity index (χ0) is 7.68. The number of thiophene rings is 1. The van der Waals surface area contributed by atoms with E-state index in [1.54, 1.807) is 17.7 Å². The molecule has 2 rings (SSSR count). The Morgan fingerprint density at radius 2 is 2.45 bits per heavy atom. The molecule has 2 aromatic heterocycles. The molecule has 1 atom stereocenters. The molecule has 0 aliphatic rings. The topological polar surface area (TPSA) is 25.8 Å². The van der Waals surface area contributed by atoms with Gasteiger partial charge in [-0.2, -0.15) is 0 Å². The van der Waals surface area contributed by atoms with Gasteiger partial charge >= 0.3 is 0 Å². The molecule has 0 fully saturated rings. The molecule has 0 radical (unpaired) electrons. The van der Waals surface area contributed by atoms with Gasteiger partial charge in [0.1, 0.15) is 11.8 Å². The molecule has 2 heterocycles. The molecule has 2 aromatic rings. The highest BCUT2D eigenvalue weighted by atomic mass is 32.1. The molecule has 0 aromatic carbocycles. The molecule has 0 amide bonds. The first-order chi connectivity index (χ1) is 5.38. The molecule has 0 aliphatic carbocycles. The second-order valence-electron chi connectivity index (χ2n) is 2.18. The normalized spacial score (nSPS) is 11.9. The van der Waals surface area contributed by atoms with Gasteiger partial charge in [0.25, 0.3) is 0 Å². The van der Waals surface area contributed by atoms with E-state index in [1.165, 1.54) is 4.88 Å². The first kappa shape index (κ1) is 7.01. The fourth-order valence-corrected chi connectivity index (χ4v) is 3.03. The standard InChI is InChI=1S/C7H7N2PS/c1-10-7(8-5-9-10)6-3-2-4-11-6/h2-5H,1H3. The van der Waals surface area contributed by atoms with Crippen LogP contribution < -0.4 is 0 Å². The number of aromatic nitrogens is 2. The zero-order valence-corrected chi connectivity index (χ0v) is 7.77. The zero-order valence-electron chi connectivity index (χ0n) is 6.06. The minimum absolute atomic E-state index is 0.349. The third-order valence-electron chi connectivity index (χ3n) is 1.45. The second-order valence-corrected chi connectivity index (χ2v) is 4.83. The van der Waals surface area contributed by atoms with Crippen molar-refractivity contribution in [2.75, 3.05) is 0 Å². The highest BCUT2D eigenvalue weighted by Crippen LogP contribution is 2.35. The van der Waals surface area contributed by atoms with Crippen LogP contribution in [0.15, 0.2) is 23.8 Å². The predicted octanol–water partition coefficient (Wildman–Crippen LogP) is 2.73. The van der Waals surface area contributed by atoms with Gasteiger partial charge in [-0.05, 0) is 25.8 Å². The van der Waals surface area contributed by atoms with Crippen molar-refractivity contribution < 1.29 is 0 Å². The Morgan fingerprint density at radius 3 is 3.00 bits per heavy atom. The van der Waals surface area contributed by atoms with Gasteiger partial charge in [-0.1, -0.05) is 6.07 Å². The van der Waals surface area contributed by atoms with Gasteiger partial charge in [0, 0.05) is 0 Å². The molecule has 0 spiro atoms. The molecule has 2 nitrogen and oxygen atoms in total. The highest BCUT2D eigenvalue weighted by Gasteiger charge is 2.03. The molecule has 4 heteroatoms. The summed E-state index contributed by atoms with van der Waals surface area (Å²) in [5, 5.41) is 2.07. The van der Waals surface area contributed by atoms with E-state index in [-0.39, 0.29) is 7.69 Å². The number of nitrogens with zero attached hydrogens (tertiary/aromatic N) is 2. The summed E-state index contributed by atoms with van der Waals surface area (Å²) in [6, 6.07) is 4.14. The van der Waals surface area contributed by atoms with Crippen molar-refractivity contribution in [1.29, 1.82) is 0 Å². The number of rotatable bonds is 1. The van der Waals surface area contributed by atoms with E-state index in [0.717, 1.165) is 5.43 Å². The molecule has 0 saturated heterocycles. The Bertz CT molecular complexity index is 339. The molecule has 1 unspecified atom stereocenters.